The van der Waals surface area contributed by atoms with Crippen molar-refractivity contribution in [1.82, 2.24) is 0 Å². The summed E-state index contributed by atoms with van der Waals surface area (Å²) in [6.07, 6.45) is 0.268. The minimum absolute atomic E-state index is 0.110. The van der Waals surface area contributed by atoms with E-state index in [1.807, 2.05) is 0 Å². The predicted octanol–water partition coefficient (Wildman–Crippen LogP) is 2.87. The van der Waals surface area contributed by atoms with Crippen molar-refractivity contribution in [2.75, 3.05) is 5.33 Å². The fourth-order valence-corrected chi connectivity index (χ4v) is 1.61. The summed E-state index contributed by atoms with van der Waals surface area (Å²) in [5.74, 6) is -0.210. The number of carbonyl (C=O) groups excluding carboxylic acids is 1. The number of Topliss-reactive ketones (excluding diaryl/α,β-unsaturated/α-hetero) is 1. The summed E-state index contributed by atoms with van der Waals surface area (Å²) in [5, 5.41) is 11.2. The minimum atomic E-state index is -0.519. The molecule has 0 aliphatic carbocycles. The van der Waals surface area contributed by atoms with Gasteiger partial charge in [0.15, 0.2) is 5.78 Å². The van der Waals surface area contributed by atoms with Crippen LogP contribution < -0.4 is 0 Å². The Kier molecular flexibility index (Phi) is 3.96. The number of hydrogen-bond acceptors (Lipinski definition) is 3. The van der Waals surface area contributed by atoms with Gasteiger partial charge in [-0.05, 0) is 18.6 Å². The molecule has 1 aromatic rings. The van der Waals surface area contributed by atoms with Gasteiger partial charge in [-0.15, -0.1) is 0 Å². The van der Waals surface area contributed by atoms with Gasteiger partial charge in [0.25, 0.3) is 5.69 Å². The Hall–Kier alpha value is -1.23. The summed E-state index contributed by atoms with van der Waals surface area (Å²) >= 11 is 3.13. The van der Waals surface area contributed by atoms with Crippen molar-refractivity contribution in [3.63, 3.8) is 0 Å². The first kappa shape index (κ1) is 11.8. The molecule has 0 atom stereocenters. The van der Waals surface area contributed by atoms with Gasteiger partial charge in [0.05, 0.1) is 10.5 Å². The summed E-state index contributed by atoms with van der Waals surface area (Å²) in [6, 6.07) is 4.63. The summed E-state index contributed by atoms with van der Waals surface area (Å²) in [4.78, 5) is 21.8. The number of aryl methyl sites for hydroxylation is 1. The summed E-state index contributed by atoms with van der Waals surface area (Å²) in [7, 11) is 0. The molecule has 0 heterocycles. The highest BCUT2D eigenvalue weighted by Gasteiger charge is 2.19. The van der Waals surface area contributed by atoms with Crippen LogP contribution in [-0.2, 0) is 0 Å². The van der Waals surface area contributed by atoms with Crippen LogP contribution in [0.2, 0.25) is 0 Å². The molecule has 0 aliphatic rings. The average molecular weight is 272 g/mol. The molecule has 80 valence electrons. The number of nitrogens with zero attached hydrogens (tertiary/aromatic N) is 1. The van der Waals surface area contributed by atoms with Crippen LogP contribution in [0.3, 0.4) is 0 Å². The zero-order valence-corrected chi connectivity index (χ0v) is 9.78. The van der Waals surface area contributed by atoms with E-state index < -0.39 is 4.92 Å². The van der Waals surface area contributed by atoms with Crippen molar-refractivity contribution in [2.24, 2.45) is 0 Å². The van der Waals surface area contributed by atoms with Crippen molar-refractivity contribution < 1.29 is 9.72 Å². The molecule has 0 amide bonds. The third-order valence-corrected chi connectivity index (χ3v) is 2.37. The third-order valence-electron chi connectivity index (χ3n) is 1.97. The van der Waals surface area contributed by atoms with Crippen LogP contribution in [0.25, 0.3) is 0 Å². The SMILES string of the molecule is Cc1ccc(C(=O)CCBr)c([N+](=O)[O-])c1. The van der Waals surface area contributed by atoms with E-state index in [1.165, 1.54) is 12.1 Å². The number of nitro benzene ring substituents is 1. The minimum Gasteiger partial charge on any atom is -0.294 e. The molecule has 0 bridgehead atoms. The van der Waals surface area contributed by atoms with E-state index >= 15 is 0 Å². The van der Waals surface area contributed by atoms with E-state index in [9.17, 15) is 14.9 Å². The lowest BCUT2D eigenvalue weighted by molar-refractivity contribution is -0.385. The monoisotopic (exact) mass is 271 g/mol. The predicted molar refractivity (Wildman–Crippen MR) is 60.6 cm³/mol. The van der Waals surface area contributed by atoms with Gasteiger partial charge in [-0.3, -0.25) is 14.9 Å². The van der Waals surface area contributed by atoms with E-state index in [2.05, 4.69) is 15.9 Å². The lowest BCUT2D eigenvalue weighted by Gasteiger charge is -2.01. The number of halogens is 1. The van der Waals surface area contributed by atoms with Crippen molar-refractivity contribution in [1.29, 1.82) is 0 Å². The number of ketones is 1. The smallest absolute Gasteiger partial charge is 0.280 e. The van der Waals surface area contributed by atoms with E-state index in [4.69, 9.17) is 0 Å². The molecular formula is C10H10BrNO3. The maximum Gasteiger partial charge on any atom is 0.280 e. The quantitative estimate of drug-likeness (QED) is 0.366. The normalized spacial score (nSPS) is 10.0. The molecule has 0 unspecified atom stereocenters. The highest BCUT2D eigenvalue weighted by molar-refractivity contribution is 9.09. The third kappa shape index (κ3) is 2.86. The number of hydrogen-bond donors (Lipinski definition) is 0. The van der Waals surface area contributed by atoms with Crippen LogP contribution >= 0.6 is 15.9 Å². The van der Waals surface area contributed by atoms with Gasteiger partial charge in [0, 0.05) is 17.8 Å². The molecule has 15 heavy (non-hydrogen) atoms. The highest BCUT2D eigenvalue weighted by atomic mass is 79.9. The first-order chi connectivity index (χ1) is 7.06. The lowest BCUT2D eigenvalue weighted by Crippen LogP contribution is -2.04. The van der Waals surface area contributed by atoms with Crippen LogP contribution in [0.1, 0.15) is 22.3 Å². The highest BCUT2D eigenvalue weighted by Crippen LogP contribution is 2.21. The molecular weight excluding hydrogens is 262 g/mol. The molecule has 0 spiro atoms. The lowest BCUT2D eigenvalue weighted by atomic mass is 10.0. The Morgan fingerprint density at radius 2 is 2.20 bits per heavy atom. The van der Waals surface area contributed by atoms with Crippen molar-refractivity contribution >= 4 is 27.4 Å². The standard InChI is InChI=1S/C10H10BrNO3/c1-7-2-3-8(10(13)4-5-11)9(6-7)12(14)15/h2-3,6H,4-5H2,1H3. The first-order valence-corrected chi connectivity index (χ1v) is 5.52. The largest absolute Gasteiger partial charge is 0.294 e. The number of carbonyl (C=O) groups is 1. The Bertz CT molecular complexity index is 404. The van der Waals surface area contributed by atoms with E-state index in [0.717, 1.165) is 5.56 Å². The van der Waals surface area contributed by atoms with Gasteiger partial charge in [0.1, 0.15) is 0 Å². The second kappa shape index (κ2) is 5.02. The van der Waals surface area contributed by atoms with Gasteiger partial charge in [0.2, 0.25) is 0 Å². The summed E-state index contributed by atoms with van der Waals surface area (Å²) in [6.45, 7) is 1.76. The number of nitro groups is 1. The fourth-order valence-electron chi connectivity index (χ4n) is 1.25. The molecule has 1 aromatic carbocycles. The Labute approximate surface area is 95.6 Å². The van der Waals surface area contributed by atoms with Crippen LogP contribution in [0.4, 0.5) is 5.69 Å². The molecule has 5 heteroatoms. The van der Waals surface area contributed by atoms with Gasteiger partial charge < -0.3 is 0 Å². The molecule has 0 aromatic heterocycles. The molecule has 0 radical (unpaired) electrons. The number of rotatable bonds is 4. The van der Waals surface area contributed by atoms with Gasteiger partial charge in [-0.2, -0.15) is 0 Å². The molecule has 4 nitrogen and oxygen atoms in total. The maximum absolute atomic E-state index is 11.5. The van der Waals surface area contributed by atoms with E-state index in [-0.39, 0.29) is 23.5 Å². The topological polar surface area (TPSA) is 60.2 Å². The van der Waals surface area contributed by atoms with Gasteiger partial charge in [-0.25, -0.2) is 0 Å². The van der Waals surface area contributed by atoms with Crippen molar-refractivity contribution in [3.05, 3.63) is 39.4 Å². The Morgan fingerprint density at radius 1 is 1.53 bits per heavy atom. The van der Waals surface area contributed by atoms with Crippen LogP contribution in [-0.4, -0.2) is 16.0 Å². The molecule has 0 saturated carbocycles. The first-order valence-electron chi connectivity index (χ1n) is 4.40. The van der Waals surface area contributed by atoms with Crippen LogP contribution in [0.15, 0.2) is 18.2 Å². The van der Waals surface area contributed by atoms with Crippen molar-refractivity contribution in [2.45, 2.75) is 13.3 Å². The summed E-state index contributed by atoms with van der Waals surface area (Å²) in [5.41, 5.74) is 0.850. The second-order valence-electron chi connectivity index (χ2n) is 3.14. The molecule has 0 aliphatic heterocycles. The average Bonchev–Trinajstić information content (AvgIpc) is 2.17. The second-order valence-corrected chi connectivity index (χ2v) is 3.93. The number of benzene rings is 1. The molecule has 0 N–H and O–H groups in total. The van der Waals surface area contributed by atoms with E-state index in [1.54, 1.807) is 13.0 Å². The molecule has 0 fully saturated rings. The maximum atomic E-state index is 11.5. The zero-order chi connectivity index (χ0) is 11.4. The Morgan fingerprint density at radius 3 is 2.73 bits per heavy atom. The van der Waals surface area contributed by atoms with Gasteiger partial charge >= 0.3 is 0 Å². The summed E-state index contributed by atoms with van der Waals surface area (Å²) < 4.78 is 0. The van der Waals surface area contributed by atoms with E-state index in [0.29, 0.717) is 5.33 Å². The van der Waals surface area contributed by atoms with Crippen LogP contribution in [0, 0.1) is 17.0 Å². The zero-order valence-electron chi connectivity index (χ0n) is 8.20. The molecule has 0 saturated heterocycles. The fraction of sp³-hybridized carbons (Fsp3) is 0.300. The van der Waals surface area contributed by atoms with Gasteiger partial charge in [-0.1, -0.05) is 22.0 Å². The number of alkyl halides is 1. The Balaban J connectivity index is 3.17. The van der Waals surface area contributed by atoms with Crippen molar-refractivity contribution in [3.8, 4) is 0 Å². The van der Waals surface area contributed by atoms with Crippen LogP contribution in [0.5, 0.6) is 0 Å². The molecule has 1 rings (SSSR count).